The highest BCUT2D eigenvalue weighted by Gasteiger charge is 2.34. The summed E-state index contributed by atoms with van der Waals surface area (Å²) in [5, 5.41) is 3.57. The molecular formula is C15H33N3O. The molecule has 1 rings (SSSR count). The lowest BCUT2D eigenvalue weighted by atomic mass is 10.1. The van der Waals surface area contributed by atoms with Crippen molar-refractivity contribution in [1.82, 2.24) is 15.1 Å². The van der Waals surface area contributed by atoms with Crippen molar-refractivity contribution in [2.24, 2.45) is 11.8 Å². The van der Waals surface area contributed by atoms with E-state index < -0.39 is 0 Å². The van der Waals surface area contributed by atoms with Gasteiger partial charge < -0.3 is 15.0 Å². The summed E-state index contributed by atoms with van der Waals surface area (Å²) in [6.07, 6.45) is 0. The van der Waals surface area contributed by atoms with Crippen LogP contribution in [0.1, 0.15) is 20.8 Å². The highest BCUT2D eigenvalue weighted by atomic mass is 16.5. The Labute approximate surface area is 119 Å². The molecule has 1 heterocycles. The van der Waals surface area contributed by atoms with Gasteiger partial charge in [-0.25, -0.2) is 0 Å². The fourth-order valence-electron chi connectivity index (χ4n) is 2.98. The van der Waals surface area contributed by atoms with E-state index >= 15 is 0 Å². The zero-order valence-corrected chi connectivity index (χ0v) is 13.6. The third-order valence-electron chi connectivity index (χ3n) is 4.07. The topological polar surface area (TPSA) is 27.7 Å². The van der Waals surface area contributed by atoms with Crippen molar-refractivity contribution < 1.29 is 4.74 Å². The minimum absolute atomic E-state index is 0.496. The average molecular weight is 271 g/mol. The molecule has 0 aromatic carbocycles. The molecule has 4 heteroatoms. The largest absolute Gasteiger partial charge is 0.383 e. The standard InChI is InChI=1S/C15H33N3O/c1-12(2)7-16-8-14(11-19-6)18-9-13(3)15(10-18)17(4)5/h12-16H,7-11H2,1-6H3. The van der Waals surface area contributed by atoms with Crippen LogP contribution in [0.4, 0.5) is 0 Å². The highest BCUT2D eigenvalue weighted by Crippen LogP contribution is 2.22. The Morgan fingerprint density at radius 3 is 2.42 bits per heavy atom. The Morgan fingerprint density at radius 2 is 1.95 bits per heavy atom. The lowest BCUT2D eigenvalue weighted by Crippen LogP contribution is -2.45. The lowest BCUT2D eigenvalue weighted by molar-refractivity contribution is 0.0988. The van der Waals surface area contributed by atoms with Crippen molar-refractivity contribution in [2.75, 3.05) is 54.0 Å². The van der Waals surface area contributed by atoms with Crippen molar-refractivity contribution in [1.29, 1.82) is 0 Å². The molecule has 0 aromatic heterocycles. The van der Waals surface area contributed by atoms with Gasteiger partial charge in [0, 0.05) is 38.8 Å². The van der Waals surface area contributed by atoms with Crippen LogP contribution in [0.15, 0.2) is 0 Å². The minimum atomic E-state index is 0.496. The minimum Gasteiger partial charge on any atom is -0.383 e. The molecule has 1 N–H and O–H groups in total. The van der Waals surface area contributed by atoms with Crippen LogP contribution in [0.3, 0.4) is 0 Å². The summed E-state index contributed by atoms with van der Waals surface area (Å²) in [5.41, 5.74) is 0. The molecule has 1 saturated heterocycles. The van der Waals surface area contributed by atoms with Gasteiger partial charge in [0.25, 0.3) is 0 Å². The molecule has 0 spiro atoms. The number of rotatable bonds is 8. The van der Waals surface area contributed by atoms with Gasteiger partial charge in [0.2, 0.25) is 0 Å². The van der Waals surface area contributed by atoms with Crippen molar-refractivity contribution in [2.45, 2.75) is 32.9 Å². The molecule has 0 saturated carbocycles. The molecule has 0 radical (unpaired) electrons. The van der Waals surface area contributed by atoms with Gasteiger partial charge in [0.15, 0.2) is 0 Å². The summed E-state index contributed by atoms with van der Waals surface area (Å²) in [5.74, 6) is 1.44. The summed E-state index contributed by atoms with van der Waals surface area (Å²) in [7, 11) is 6.18. The van der Waals surface area contributed by atoms with Crippen LogP contribution in [0.5, 0.6) is 0 Å². The number of hydrogen-bond acceptors (Lipinski definition) is 4. The molecule has 4 nitrogen and oxygen atoms in total. The molecule has 19 heavy (non-hydrogen) atoms. The second-order valence-electron chi connectivity index (χ2n) is 6.62. The van der Waals surface area contributed by atoms with E-state index in [-0.39, 0.29) is 0 Å². The first kappa shape index (κ1) is 16.9. The molecule has 114 valence electrons. The second kappa shape index (κ2) is 8.20. The predicted molar refractivity (Wildman–Crippen MR) is 81.6 cm³/mol. The monoisotopic (exact) mass is 271 g/mol. The van der Waals surface area contributed by atoms with Gasteiger partial charge in [0.1, 0.15) is 0 Å². The first-order valence-corrected chi connectivity index (χ1v) is 7.55. The van der Waals surface area contributed by atoms with Crippen molar-refractivity contribution >= 4 is 0 Å². The molecule has 0 aliphatic carbocycles. The van der Waals surface area contributed by atoms with Crippen LogP contribution in [0.25, 0.3) is 0 Å². The SMILES string of the molecule is COCC(CNCC(C)C)N1CC(C)C(N(C)C)C1. The van der Waals surface area contributed by atoms with Gasteiger partial charge >= 0.3 is 0 Å². The zero-order chi connectivity index (χ0) is 14.4. The van der Waals surface area contributed by atoms with E-state index in [1.54, 1.807) is 7.11 Å². The molecule has 0 aromatic rings. The fraction of sp³-hybridized carbons (Fsp3) is 1.00. The highest BCUT2D eigenvalue weighted by molar-refractivity contribution is 4.90. The number of likely N-dealkylation sites (N-methyl/N-ethyl adjacent to an activating group) is 1. The second-order valence-corrected chi connectivity index (χ2v) is 6.62. The van der Waals surface area contributed by atoms with Gasteiger partial charge in [-0.05, 0) is 32.5 Å². The Kier molecular flexibility index (Phi) is 7.29. The van der Waals surface area contributed by atoms with E-state index in [1.807, 2.05) is 0 Å². The first-order valence-electron chi connectivity index (χ1n) is 7.55. The normalized spacial score (nSPS) is 26.5. The number of nitrogens with zero attached hydrogens (tertiary/aromatic N) is 2. The number of nitrogens with one attached hydrogen (secondary N) is 1. The van der Waals surface area contributed by atoms with E-state index in [0.717, 1.165) is 32.2 Å². The van der Waals surface area contributed by atoms with Crippen LogP contribution in [-0.2, 0) is 4.74 Å². The van der Waals surface area contributed by atoms with E-state index in [4.69, 9.17) is 4.74 Å². The van der Waals surface area contributed by atoms with E-state index in [2.05, 4.69) is 50.0 Å². The van der Waals surface area contributed by atoms with Gasteiger partial charge in [-0.1, -0.05) is 20.8 Å². The molecule has 3 atom stereocenters. The van der Waals surface area contributed by atoms with Gasteiger partial charge in [-0.3, -0.25) is 4.90 Å². The Hall–Kier alpha value is -0.160. The summed E-state index contributed by atoms with van der Waals surface area (Å²) in [6, 6.07) is 1.17. The maximum atomic E-state index is 5.41. The third kappa shape index (κ3) is 5.38. The quantitative estimate of drug-likeness (QED) is 0.716. The van der Waals surface area contributed by atoms with Crippen LogP contribution in [-0.4, -0.2) is 75.9 Å². The van der Waals surface area contributed by atoms with E-state index in [0.29, 0.717) is 18.0 Å². The lowest BCUT2D eigenvalue weighted by Gasteiger charge is -2.28. The Balaban J connectivity index is 2.47. The fourth-order valence-corrected chi connectivity index (χ4v) is 2.98. The third-order valence-corrected chi connectivity index (χ3v) is 4.07. The smallest absolute Gasteiger partial charge is 0.0630 e. The van der Waals surface area contributed by atoms with Crippen LogP contribution in [0, 0.1) is 11.8 Å². The molecule has 1 aliphatic rings. The average Bonchev–Trinajstić information content (AvgIpc) is 2.70. The van der Waals surface area contributed by atoms with Gasteiger partial charge in [-0.2, -0.15) is 0 Å². The molecule has 0 amide bonds. The van der Waals surface area contributed by atoms with Crippen LogP contribution < -0.4 is 5.32 Å². The molecular weight excluding hydrogens is 238 g/mol. The van der Waals surface area contributed by atoms with E-state index in [1.165, 1.54) is 6.54 Å². The van der Waals surface area contributed by atoms with Crippen LogP contribution >= 0.6 is 0 Å². The summed E-state index contributed by atoms with van der Waals surface area (Å²) in [6.45, 7) is 12.1. The summed E-state index contributed by atoms with van der Waals surface area (Å²) in [4.78, 5) is 4.95. The number of methoxy groups -OCH3 is 1. The summed E-state index contributed by atoms with van der Waals surface area (Å²) >= 11 is 0. The summed E-state index contributed by atoms with van der Waals surface area (Å²) < 4.78 is 5.41. The van der Waals surface area contributed by atoms with E-state index in [9.17, 15) is 0 Å². The Morgan fingerprint density at radius 1 is 1.26 bits per heavy atom. The number of likely N-dealkylation sites (tertiary alicyclic amines) is 1. The molecule has 1 aliphatic heterocycles. The van der Waals surface area contributed by atoms with Gasteiger partial charge in [-0.15, -0.1) is 0 Å². The molecule has 1 fully saturated rings. The van der Waals surface area contributed by atoms with Gasteiger partial charge in [0.05, 0.1) is 6.61 Å². The Bertz CT molecular complexity index is 246. The molecule has 3 unspecified atom stereocenters. The van der Waals surface area contributed by atoms with Crippen molar-refractivity contribution in [3.05, 3.63) is 0 Å². The first-order chi connectivity index (χ1) is 8.95. The maximum absolute atomic E-state index is 5.41. The van der Waals surface area contributed by atoms with Crippen molar-refractivity contribution in [3.8, 4) is 0 Å². The maximum Gasteiger partial charge on any atom is 0.0630 e. The number of ether oxygens (including phenoxy) is 1. The molecule has 0 bridgehead atoms. The van der Waals surface area contributed by atoms with Crippen molar-refractivity contribution in [3.63, 3.8) is 0 Å². The number of hydrogen-bond donors (Lipinski definition) is 1. The zero-order valence-electron chi connectivity index (χ0n) is 13.6. The predicted octanol–water partition coefficient (Wildman–Crippen LogP) is 1.13. The van der Waals surface area contributed by atoms with Crippen LogP contribution in [0.2, 0.25) is 0 Å².